The largest absolute Gasteiger partial charge is 0.484 e. The van der Waals surface area contributed by atoms with Gasteiger partial charge in [-0.25, -0.2) is 0 Å². The Morgan fingerprint density at radius 2 is 1.54 bits per heavy atom. The van der Waals surface area contributed by atoms with Gasteiger partial charge in [-0.3, -0.25) is 20.4 Å². The van der Waals surface area contributed by atoms with Crippen LogP contribution in [0.1, 0.15) is 32.6 Å². The molecule has 0 saturated carbocycles. The van der Waals surface area contributed by atoms with E-state index in [9.17, 15) is 9.59 Å². The molecule has 0 radical (unpaired) electrons. The fraction of sp³-hybridized carbons (Fsp3) is 0.263. The molecule has 0 atom stereocenters. The summed E-state index contributed by atoms with van der Waals surface area (Å²) < 4.78 is 5.44. The van der Waals surface area contributed by atoms with E-state index in [2.05, 4.69) is 10.9 Å². The van der Waals surface area contributed by atoms with E-state index >= 15 is 0 Å². The van der Waals surface area contributed by atoms with Gasteiger partial charge in [0, 0.05) is 5.56 Å². The molecule has 0 aliphatic carbocycles. The standard InChI is InChI=1S/C19H22N2O3/c1-12-5-6-17(15(4)8-12)19(23)21-20-18(22)11-24-16-9-13(2)7-14(3)10-16/h5-10H,11H2,1-4H3,(H,20,22)(H,21,23). The van der Waals surface area contributed by atoms with Crippen LogP contribution in [-0.2, 0) is 4.79 Å². The van der Waals surface area contributed by atoms with Crippen LogP contribution in [0.3, 0.4) is 0 Å². The third-order valence-electron chi connectivity index (χ3n) is 3.51. The Morgan fingerprint density at radius 1 is 0.875 bits per heavy atom. The van der Waals surface area contributed by atoms with Gasteiger partial charge < -0.3 is 4.74 Å². The maximum absolute atomic E-state index is 12.1. The molecule has 0 aliphatic heterocycles. The summed E-state index contributed by atoms with van der Waals surface area (Å²) >= 11 is 0. The minimum absolute atomic E-state index is 0.171. The second-order valence-electron chi connectivity index (χ2n) is 5.93. The lowest BCUT2D eigenvalue weighted by atomic mass is 10.1. The third kappa shape index (κ3) is 4.84. The number of ether oxygens (including phenoxy) is 1. The van der Waals surface area contributed by atoms with Crippen LogP contribution >= 0.6 is 0 Å². The molecule has 2 aromatic rings. The van der Waals surface area contributed by atoms with Gasteiger partial charge in [-0.2, -0.15) is 0 Å². The van der Waals surface area contributed by atoms with Crippen molar-refractivity contribution in [1.82, 2.24) is 10.9 Å². The predicted octanol–water partition coefficient (Wildman–Crippen LogP) is 2.76. The second kappa shape index (κ2) is 7.64. The van der Waals surface area contributed by atoms with Crippen molar-refractivity contribution in [3.05, 3.63) is 64.2 Å². The zero-order chi connectivity index (χ0) is 17.7. The number of hydrogen-bond donors (Lipinski definition) is 2. The van der Waals surface area contributed by atoms with Crippen molar-refractivity contribution in [2.24, 2.45) is 0 Å². The quantitative estimate of drug-likeness (QED) is 0.849. The number of hydrogen-bond acceptors (Lipinski definition) is 3. The van der Waals surface area contributed by atoms with Gasteiger partial charge in [-0.1, -0.05) is 23.8 Å². The van der Waals surface area contributed by atoms with Crippen LogP contribution in [-0.4, -0.2) is 18.4 Å². The molecule has 0 heterocycles. The average Bonchev–Trinajstić information content (AvgIpc) is 2.49. The molecule has 0 aromatic heterocycles. The number of nitrogens with one attached hydrogen (secondary N) is 2. The van der Waals surface area contributed by atoms with Gasteiger partial charge in [0.2, 0.25) is 0 Å². The van der Waals surface area contributed by atoms with E-state index in [-0.39, 0.29) is 12.5 Å². The molecule has 0 aliphatic rings. The number of benzene rings is 2. The summed E-state index contributed by atoms with van der Waals surface area (Å²) in [6, 6.07) is 11.2. The number of amides is 2. The van der Waals surface area contributed by atoms with Crippen LogP contribution < -0.4 is 15.6 Å². The van der Waals surface area contributed by atoms with Crippen LogP contribution in [0.4, 0.5) is 0 Å². The highest BCUT2D eigenvalue weighted by Gasteiger charge is 2.10. The molecule has 2 amide bonds. The molecular formula is C19H22N2O3. The number of hydrazine groups is 1. The molecule has 2 rings (SSSR count). The van der Waals surface area contributed by atoms with Gasteiger partial charge in [0.1, 0.15) is 5.75 Å². The van der Waals surface area contributed by atoms with E-state index in [0.29, 0.717) is 11.3 Å². The molecule has 126 valence electrons. The maximum atomic E-state index is 12.1. The summed E-state index contributed by atoms with van der Waals surface area (Å²) in [6.45, 7) is 7.57. The Bertz CT molecular complexity index is 749. The summed E-state index contributed by atoms with van der Waals surface area (Å²) in [5, 5.41) is 0. The van der Waals surface area contributed by atoms with Crippen LogP contribution in [0, 0.1) is 27.7 Å². The van der Waals surface area contributed by atoms with E-state index < -0.39 is 5.91 Å². The van der Waals surface area contributed by atoms with Crippen molar-refractivity contribution in [1.29, 1.82) is 0 Å². The average molecular weight is 326 g/mol. The number of carbonyl (C=O) groups is 2. The van der Waals surface area contributed by atoms with E-state index in [4.69, 9.17) is 4.74 Å². The molecule has 0 bridgehead atoms. The smallest absolute Gasteiger partial charge is 0.276 e. The van der Waals surface area contributed by atoms with Crippen LogP contribution in [0.25, 0.3) is 0 Å². The highest BCUT2D eigenvalue weighted by Crippen LogP contribution is 2.16. The van der Waals surface area contributed by atoms with Gasteiger partial charge in [-0.05, 0) is 62.6 Å². The van der Waals surface area contributed by atoms with E-state index in [1.54, 1.807) is 6.07 Å². The third-order valence-corrected chi connectivity index (χ3v) is 3.51. The second-order valence-corrected chi connectivity index (χ2v) is 5.93. The van der Waals surface area contributed by atoms with E-state index in [1.807, 2.05) is 58.0 Å². The lowest BCUT2D eigenvalue weighted by molar-refractivity contribution is -0.123. The first-order valence-electron chi connectivity index (χ1n) is 7.72. The molecule has 0 spiro atoms. The number of carbonyl (C=O) groups excluding carboxylic acids is 2. The zero-order valence-corrected chi connectivity index (χ0v) is 14.4. The maximum Gasteiger partial charge on any atom is 0.276 e. The molecule has 5 heteroatoms. The van der Waals surface area contributed by atoms with Crippen molar-refractivity contribution in [3.8, 4) is 5.75 Å². The summed E-state index contributed by atoms with van der Waals surface area (Å²) in [7, 11) is 0. The minimum Gasteiger partial charge on any atom is -0.484 e. The van der Waals surface area contributed by atoms with Gasteiger partial charge >= 0.3 is 0 Å². The lowest BCUT2D eigenvalue weighted by Gasteiger charge is -2.11. The highest BCUT2D eigenvalue weighted by atomic mass is 16.5. The van der Waals surface area contributed by atoms with Crippen molar-refractivity contribution >= 4 is 11.8 Å². The first-order valence-corrected chi connectivity index (χ1v) is 7.72. The summed E-state index contributed by atoms with van der Waals surface area (Å²) in [6.07, 6.45) is 0. The Morgan fingerprint density at radius 3 is 2.17 bits per heavy atom. The first-order chi connectivity index (χ1) is 11.3. The van der Waals surface area contributed by atoms with Crippen molar-refractivity contribution in [2.75, 3.05) is 6.61 Å². The van der Waals surface area contributed by atoms with E-state index in [1.165, 1.54) is 0 Å². The Hall–Kier alpha value is -2.82. The van der Waals surface area contributed by atoms with Gasteiger partial charge in [0.25, 0.3) is 11.8 Å². The Balaban J connectivity index is 1.85. The molecule has 5 nitrogen and oxygen atoms in total. The van der Waals surface area contributed by atoms with Crippen LogP contribution in [0.15, 0.2) is 36.4 Å². The number of aryl methyl sites for hydroxylation is 4. The molecular weight excluding hydrogens is 304 g/mol. The van der Waals surface area contributed by atoms with Crippen LogP contribution in [0.5, 0.6) is 5.75 Å². The van der Waals surface area contributed by atoms with Crippen molar-refractivity contribution in [2.45, 2.75) is 27.7 Å². The summed E-state index contributed by atoms with van der Waals surface area (Å²) in [5.41, 5.74) is 9.34. The highest BCUT2D eigenvalue weighted by molar-refractivity contribution is 5.96. The molecule has 0 fully saturated rings. The SMILES string of the molecule is Cc1cc(C)cc(OCC(=O)NNC(=O)c2ccc(C)cc2C)c1. The van der Waals surface area contributed by atoms with Gasteiger partial charge in [0.15, 0.2) is 6.61 Å². The van der Waals surface area contributed by atoms with Crippen molar-refractivity contribution < 1.29 is 14.3 Å². The van der Waals surface area contributed by atoms with Crippen LogP contribution in [0.2, 0.25) is 0 Å². The van der Waals surface area contributed by atoms with Gasteiger partial charge in [0.05, 0.1) is 0 Å². The fourth-order valence-corrected chi connectivity index (χ4v) is 2.46. The Labute approximate surface area is 142 Å². The first kappa shape index (κ1) is 17.5. The fourth-order valence-electron chi connectivity index (χ4n) is 2.46. The van der Waals surface area contributed by atoms with E-state index in [0.717, 1.165) is 22.3 Å². The minimum atomic E-state index is -0.424. The predicted molar refractivity (Wildman–Crippen MR) is 92.9 cm³/mol. The Kier molecular flexibility index (Phi) is 5.58. The zero-order valence-electron chi connectivity index (χ0n) is 14.4. The van der Waals surface area contributed by atoms with Crippen molar-refractivity contribution in [3.63, 3.8) is 0 Å². The molecule has 24 heavy (non-hydrogen) atoms. The normalized spacial score (nSPS) is 10.2. The number of rotatable bonds is 4. The summed E-state index contributed by atoms with van der Waals surface area (Å²) in [4.78, 5) is 23.9. The molecule has 2 aromatic carbocycles. The molecule has 0 saturated heterocycles. The topological polar surface area (TPSA) is 67.4 Å². The monoisotopic (exact) mass is 326 g/mol. The summed E-state index contributed by atoms with van der Waals surface area (Å²) in [5.74, 6) is -0.150. The van der Waals surface area contributed by atoms with Gasteiger partial charge in [-0.15, -0.1) is 0 Å². The molecule has 0 unspecified atom stereocenters. The molecule has 2 N–H and O–H groups in total. The lowest BCUT2D eigenvalue weighted by Crippen LogP contribution is -2.44.